The average molecular weight is 309 g/mol. The predicted octanol–water partition coefficient (Wildman–Crippen LogP) is 1.69. The molecule has 1 aromatic carbocycles. The van der Waals surface area contributed by atoms with Crippen LogP contribution in [-0.4, -0.2) is 32.5 Å². The van der Waals surface area contributed by atoms with Crippen LogP contribution in [0.4, 0.5) is 0 Å². The molecule has 0 atom stereocenters. The second-order valence-electron chi connectivity index (χ2n) is 5.43. The van der Waals surface area contributed by atoms with Crippen molar-refractivity contribution in [2.45, 2.75) is 13.1 Å². The molecule has 0 saturated carbocycles. The van der Waals surface area contributed by atoms with Crippen molar-refractivity contribution in [1.29, 1.82) is 0 Å². The summed E-state index contributed by atoms with van der Waals surface area (Å²) < 4.78 is 1.52. The highest BCUT2D eigenvalue weighted by molar-refractivity contribution is 5.38. The fraction of sp³-hybridized carbons (Fsp3) is 0.222. The molecule has 0 spiro atoms. The molecule has 0 fully saturated rings. The van der Waals surface area contributed by atoms with E-state index in [1.165, 1.54) is 9.96 Å². The molecule has 2 aromatic heterocycles. The van der Waals surface area contributed by atoms with Crippen LogP contribution in [0.1, 0.15) is 11.3 Å². The van der Waals surface area contributed by atoms with Gasteiger partial charge in [0.25, 0.3) is 5.56 Å². The van der Waals surface area contributed by atoms with E-state index in [0.29, 0.717) is 31.0 Å². The van der Waals surface area contributed by atoms with Gasteiger partial charge in [-0.05, 0) is 17.7 Å². The van der Waals surface area contributed by atoms with Gasteiger partial charge >= 0.3 is 0 Å². The van der Waals surface area contributed by atoms with Gasteiger partial charge in [-0.15, -0.1) is 0 Å². The zero-order valence-electron chi connectivity index (χ0n) is 12.8. The molecule has 0 bridgehead atoms. The summed E-state index contributed by atoms with van der Waals surface area (Å²) in [7, 11) is 0. The van der Waals surface area contributed by atoms with Crippen molar-refractivity contribution >= 4 is 5.65 Å². The van der Waals surface area contributed by atoms with E-state index in [9.17, 15) is 9.90 Å². The lowest BCUT2D eigenvalue weighted by Crippen LogP contribution is -2.27. The number of hydrogen-bond acceptors (Lipinski definition) is 4. The van der Waals surface area contributed by atoms with Gasteiger partial charge in [-0.3, -0.25) is 14.1 Å². The summed E-state index contributed by atoms with van der Waals surface area (Å²) >= 11 is 0. The molecule has 23 heavy (non-hydrogen) atoms. The molecule has 0 aliphatic rings. The molecule has 0 saturated heterocycles. The number of pyridine rings is 1. The summed E-state index contributed by atoms with van der Waals surface area (Å²) in [5.41, 5.74) is 2.43. The van der Waals surface area contributed by atoms with E-state index in [2.05, 4.69) is 9.88 Å². The summed E-state index contributed by atoms with van der Waals surface area (Å²) in [5.74, 6) is 0. The minimum atomic E-state index is -0.0886. The standard InChI is InChI=1S/C18H19N3O2/c22-11-10-20(13-15-6-2-1-3-7-15)14-16-12-18(23)21-9-5-4-8-17(21)19-16/h1-9,12,22H,10-11,13-14H2. The number of hydrogen-bond donors (Lipinski definition) is 1. The summed E-state index contributed by atoms with van der Waals surface area (Å²) in [6, 6.07) is 17.1. The van der Waals surface area contributed by atoms with Crippen LogP contribution in [0, 0.1) is 0 Å². The molecule has 2 heterocycles. The van der Waals surface area contributed by atoms with Crippen molar-refractivity contribution in [2.24, 2.45) is 0 Å². The van der Waals surface area contributed by atoms with Crippen LogP contribution >= 0.6 is 0 Å². The quantitative estimate of drug-likeness (QED) is 0.753. The zero-order valence-corrected chi connectivity index (χ0v) is 12.8. The van der Waals surface area contributed by atoms with Crippen LogP contribution in [0.5, 0.6) is 0 Å². The molecule has 118 valence electrons. The van der Waals surface area contributed by atoms with Crippen molar-refractivity contribution in [3.05, 3.63) is 82.4 Å². The number of benzene rings is 1. The summed E-state index contributed by atoms with van der Waals surface area (Å²) in [6.45, 7) is 1.83. The molecule has 0 unspecified atom stereocenters. The molecule has 5 heteroatoms. The van der Waals surface area contributed by atoms with E-state index >= 15 is 0 Å². The number of rotatable bonds is 6. The van der Waals surface area contributed by atoms with Crippen LogP contribution in [-0.2, 0) is 13.1 Å². The second kappa shape index (κ2) is 7.17. The lowest BCUT2D eigenvalue weighted by atomic mass is 10.2. The Morgan fingerprint density at radius 2 is 1.83 bits per heavy atom. The molecular weight excluding hydrogens is 290 g/mol. The number of aliphatic hydroxyl groups is 1. The molecule has 1 N–H and O–H groups in total. The minimum Gasteiger partial charge on any atom is -0.395 e. The van der Waals surface area contributed by atoms with E-state index in [0.717, 1.165) is 0 Å². The number of aromatic nitrogens is 2. The summed E-state index contributed by atoms with van der Waals surface area (Å²) in [4.78, 5) is 18.8. The molecule has 5 nitrogen and oxygen atoms in total. The number of fused-ring (bicyclic) bond motifs is 1. The van der Waals surface area contributed by atoms with Crippen LogP contribution in [0.3, 0.4) is 0 Å². The lowest BCUT2D eigenvalue weighted by Gasteiger charge is -2.21. The van der Waals surface area contributed by atoms with Crippen molar-refractivity contribution in [1.82, 2.24) is 14.3 Å². The van der Waals surface area contributed by atoms with Crippen LogP contribution in [0.15, 0.2) is 65.6 Å². The Morgan fingerprint density at radius 1 is 1.04 bits per heavy atom. The highest BCUT2D eigenvalue weighted by atomic mass is 16.3. The molecule has 0 amide bonds. The first-order valence-electron chi connectivity index (χ1n) is 7.61. The van der Waals surface area contributed by atoms with Gasteiger partial charge in [0.15, 0.2) is 0 Å². The Balaban J connectivity index is 1.84. The van der Waals surface area contributed by atoms with E-state index < -0.39 is 0 Å². The third-order valence-corrected chi connectivity index (χ3v) is 3.67. The molecule has 3 aromatic rings. The first-order valence-corrected chi connectivity index (χ1v) is 7.61. The van der Waals surface area contributed by atoms with E-state index in [1.54, 1.807) is 12.3 Å². The molecule has 3 rings (SSSR count). The third kappa shape index (κ3) is 3.83. The van der Waals surface area contributed by atoms with Gasteiger partial charge in [0.2, 0.25) is 0 Å². The summed E-state index contributed by atoms with van der Waals surface area (Å²) in [6.07, 6.45) is 1.71. The van der Waals surface area contributed by atoms with Gasteiger partial charge in [0.05, 0.1) is 12.3 Å². The third-order valence-electron chi connectivity index (χ3n) is 3.67. The lowest BCUT2D eigenvalue weighted by molar-refractivity contribution is 0.183. The SMILES string of the molecule is O=c1cc(CN(CCO)Cc2ccccc2)nc2ccccn12. The highest BCUT2D eigenvalue weighted by Gasteiger charge is 2.09. The fourth-order valence-corrected chi connectivity index (χ4v) is 2.61. The number of aliphatic hydroxyl groups excluding tert-OH is 1. The molecule has 0 aliphatic heterocycles. The van der Waals surface area contributed by atoms with Crippen molar-refractivity contribution < 1.29 is 5.11 Å². The van der Waals surface area contributed by atoms with Crippen LogP contribution in [0.25, 0.3) is 5.65 Å². The fourth-order valence-electron chi connectivity index (χ4n) is 2.61. The van der Waals surface area contributed by atoms with Gasteiger partial charge in [-0.1, -0.05) is 36.4 Å². The smallest absolute Gasteiger partial charge is 0.258 e. The highest BCUT2D eigenvalue weighted by Crippen LogP contribution is 2.08. The second-order valence-corrected chi connectivity index (χ2v) is 5.43. The molecule has 0 aliphatic carbocycles. The number of nitrogens with zero attached hydrogens (tertiary/aromatic N) is 3. The Kier molecular flexibility index (Phi) is 4.80. The van der Waals surface area contributed by atoms with Crippen LogP contribution in [0.2, 0.25) is 0 Å². The molecule has 0 radical (unpaired) electrons. The van der Waals surface area contributed by atoms with Gasteiger partial charge < -0.3 is 5.11 Å². The first-order chi connectivity index (χ1) is 11.3. The first kappa shape index (κ1) is 15.4. The topological polar surface area (TPSA) is 57.8 Å². The Labute approximate surface area is 134 Å². The maximum absolute atomic E-state index is 12.2. The van der Waals surface area contributed by atoms with Gasteiger partial charge in [0, 0.05) is 31.9 Å². The van der Waals surface area contributed by atoms with E-state index in [1.807, 2.05) is 48.5 Å². The maximum Gasteiger partial charge on any atom is 0.258 e. The minimum absolute atomic E-state index is 0.0688. The summed E-state index contributed by atoms with van der Waals surface area (Å²) in [5, 5.41) is 9.29. The Bertz CT molecular complexity index is 830. The molecular formula is C18H19N3O2. The Morgan fingerprint density at radius 3 is 2.61 bits per heavy atom. The van der Waals surface area contributed by atoms with Crippen molar-refractivity contribution in [3.8, 4) is 0 Å². The van der Waals surface area contributed by atoms with Gasteiger partial charge in [-0.25, -0.2) is 4.98 Å². The normalized spacial score (nSPS) is 11.2. The van der Waals surface area contributed by atoms with E-state index in [-0.39, 0.29) is 12.2 Å². The monoisotopic (exact) mass is 309 g/mol. The van der Waals surface area contributed by atoms with Crippen molar-refractivity contribution in [2.75, 3.05) is 13.2 Å². The Hall–Kier alpha value is -2.50. The van der Waals surface area contributed by atoms with Gasteiger partial charge in [0.1, 0.15) is 5.65 Å². The zero-order chi connectivity index (χ0) is 16.1. The van der Waals surface area contributed by atoms with Crippen molar-refractivity contribution in [3.63, 3.8) is 0 Å². The van der Waals surface area contributed by atoms with E-state index in [4.69, 9.17) is 0 Å². The van der Waals surface area contributed by atoms with Gasteiger partial charge in [-0.2, -0.15) is 0 Å². The van der Waals surface area contributed by atoms with Crippen LogP contribution < -0.4 is 5.56 Å². The predicted molar refractivity (Wildman–Crippen MR) is 89.1 cm³/mol. The largest absolute Gasteiger partial charge is 0.395 e. The average Bonchev–Trinajstić information content (AvgIpc) is 2.56. The maximum atomic E-state index is 12.2.